The van der Waals surface area contributed by atoms with Gasteiger partial charge in [0.05, 0.1) is 18.1 Å². The Bertz CT molecular complexity index is 1070. The Morgan fingerprint density at radius 2 is 1.62 bits per heavy atom. The Hall–Kier alpha value is -2.51. The molecule has 2 aromatic rings. The second kappa shape index (κ2) is 8.93. The Kier molecular flexibility index (Phi) is 5.77. The molecule has 7 heteroatoms. The van der Waals surface area contributed by atoms with Gasteiger partial charge in [0.25, 0.3) is 5.91 Å². The molecular formula is C27H32N4O2S. The third kappa shape index (κ3) is 3.99. The van der Waals surface area contributed by atoms with Gasteiger partial charge in [-0.2, -0.15) is 0 Å². The topological polar surface area (TPSA) is 47.1 Å². The largest absolute Gasteiger partial charge is 0.339 e. The van der Waals surface area contributed by atoms with Crippen LogP contribution in [0.15, 0.2) is 59.5 Å². The first kappa shape index (κ1) is 22.0. The molecule has 1 spiro atoms. The number of rotatable bonds is 6. The monoisotopic (exact) mass is 476 g/mol. The van der Waals surface area contributed by atoms with E-state index in [9.17, 15) is 9.59 Å². The van der Waals surface area contributed by atoms with E-state index < -0.39 is 5.54 Å². The minimum absolute atomic E-state index is 0.139. The van der Waals surface area contributed by atoms with Crippen molar-refractivity contribution in [2.24, 2.45) is 5.92 Å². The molecule has 0 radical (unpaired) electrons. The molecule has 3 aliphatic heterocycles. The average molecular weight is 477 g/mol. The van der Waals surface area contributed by atoms with Crippen molar-refractivity contribution in [1.82, 2.24) is 14.7 Å². The number of likely N-dealkylation sites (tertiary alicyclic amines) is 1. The number of piperidine rings is 1. The van der Waals surface area contributed by atoms with Gasteiger partial charge in [-0.05, 0) is 55.9 Å². The number of amides is 2. The number of hydrogen-bond donors (Lipinski definition) is 0. The lowest BCUT2D eigenvalue weighted by atomic mass is 9.85. The van der Waals surface area contributed by atoms with Crippen molar-refractivity contribution in [1.29, 1.82) is 0 Å². The van der Waals surface area contributed by atoms with E-state index in [-0.39, 0.29) is 5.91 Å². The molecule has 0 N–H and O–H groups in total. The molecule has 0 bridgehead atoms. The SMILES string of the molecule is O=C1c2ccccc2SCN1CCN1CCC2(CC1)C(=O)N(CC1CC1)CN2c1ccccc1. The molecule has 3 fully saturated rings. The highest BCUT2D eigenvalue weighted by Crippen LogP contribution is 2.41. The fourth-order valence-electron chi connectivity index (χ4n) is 5.67. The minimum atomic E-state index is -0.428. The molecule has 34 heavy (non-hydrogen) atoms. The number of thioether (sulfide) groups is 1. The molecule has 6 nitrogen and oxygen atoms in total. The Morgan fingerprint density at radius 3 is 2.38 bits per heavy atom. The van der Waals surface area contributed by atoms with Gasteiger partial charge >= 0.3 is 0 Å². The van der Waals surface area contributed by atoms with Crippen molar-refractivity contribution in [2.45, 2.75) is 36.1 Å². The Balaban J connectivity index is 1.11. The van der Waals surface area contributed by atoms with Crippen molar-refractivity contribution in [3.05, 3.63) is 60.2 Å². The van der Waals surface area contributed by atoms with Crippen LogP contribution >= 0.6 is 11.8 Å². The average Bonchev–Trinajstić information content (AvgIpc) is 3.67. The van der Waals surface area contributed by atoms with E-state index in [1.54, 1.807) is 11.8 Å². The molecule has 2 aromatic carbocycles. The second-order valence-corrected chi connectivity index (χ2v) is 11.1. The zero-order valence-corrected chi connectivity index (χ0v) is 20.4. The lowest BCUT2D eigenvalue weighted by Crippen LogP contribution is -2.57. The van der Waals surface area contributed by atoms with Crippen molar-refractivity contribution in [3.8, 4) is 0 Å². The molecule has 0 atom stereocenters. The maximum Gasteiger partial charge on any atom is 0.255 e. The predicted octanol–water partition coefficient (Wildman–Crippen LogP) is 3.74. The van der Waals surface area contributed by atoms with Crippen molar-refractivity contribution in [3.63, 3.8) is 0 Å². The lowest BCUT2D eigenvalue weighted by Gasteiger charge is -2.43. The summed E-state index contributed by atoms with van der Waals surface area (Å²) in [6, 6.07) is 18.3. The highest BCUT2D eigenvalue weighted by Gasteiger charge is 2.54. The predicted molar refractivity (Wildman–Crippen MR) is 135 cm³/mol. The van der Waals surface area contributed by atoms with Crippen LogP contribution < -0.4 is 4.90 Å². The number of nitrogens with zero attached hydrogens (tertiary/aromatic N) is 4. The third-order valence-electron chi connectivity index (χ3n) is 7.91. The molecule has 0 aromatic heterocycles. The van der Waals surface area contributed by atoms with Gasteiger partial charge in [-0.15, -0.1) is 11.8 Å². The maximum absolute atomic E-state index is 13.7. The van der Waals surface area contributed by atoms with Gasteiger partial charge in [0.15, 0.2) is 0 Å². The number of carbonyl (C=O) groups is 2. The van der Waals surface area contributed by atoms with Gasteiger partial charge in [0.1, 0.15) is 5.54 Å². The number of benzene rings is 2. The molecule has 3 heterocycles. The van der Waals surface area contributed by atoms with Crippen LogP contribution in [0.5, 0.6) is 0 Å². The molecule has 1 saturated carbocycles. The van der Waals surface area contributed by atoms with Gasteiger partial charge in [-0.1, -0.05) is 30.3 Å². The van der Waals surface area contributed by atoms with E-state index in [4.69, 9.17) is 0 Å². The minimum Gasteiger partial charge on any atom is -0.339 e. The number of fused-ring (bicyclic) bond motifs is 1. The molecular weight excluding hydrogens is 444 g/mol. The molecule has 178 valence electrons. The van der Waals surface area contributed by atoms with E-state index in [0.717, 1.165) is 61.7 Å². The van der Waals surface area contributed by atoms with E-state index in [0.29, 0.717) is 24.4 Å². The molecule has 6 rings (SSSR count). The smallest absolute Gasteiger partial charge is 0.255 e. The second-order valence-electron chi connectivity index (χ2n) is 10.1. The Morgan fingerprint density at radius 1 is 0.882 bits per heavy atom. The van der Waals surface area contributed by atoms with Crippen molar-refractivity contribution < 1.29 is 9.59 Å². The fourth-order valence-corrected chi connectivity index (χ4v) is 6.70. The summed E-state index contributed by atoms with van der Waals surface area (Å²) in [4.78, 5) is 36.6. The van der Waals surface area contributed by atoms with Crippen LogP contribution in [0.3, 0.4) is 0 Å². The summed E-state index contributed by atoms with van der Waals surface area (Å²) in [7, 11) is 0. The molecule has 4 aliphatic rings. The zero-order chi connectivity index (χ0) is 23.1. The molecule has 0 unspecified atom stereocenters. The van der Waals surface area contributed by atoms with Crippen LogP contribution in [0.1, 0.15) is 36.0 Å². The normalized spacial score (nSPS) is 22.5. The van der Waals surface area contributed by atoms with Crippen molar-refractivity contribution in [2.75, 3.05) is 50.2 Å². The quantitative estimate of drug-likeness (QED) is 0.636. The van der Waals surface area contributed by atoms with Gasteiger partial charge in [0.2, 0.25) is 5.91 Å². The van der Waals surface area contributed by atoms with Crippen LogP contribution in [0.25, 0.3) is 0 Å². The number of carbonyl (C=O) groups excluding carboxylic acids is 2. The van der Waals surface area contributed by atoms with Gasteiger partial charge < -0.3 is 19.6 Å². The number of hydrogen-bond acceptors (Lipinski definition) is 5. The van der Waals surface area contributed by atoms with E-state index in [2.05, 4.69) is 39.0 Å². The van der Waals surface area contributed by atoms with Crippen LogP contribution in [-0.2, 0) is 4.79 Å². The van der Waals surface area contributed by atoms with E-state index in [1.165, 1.54) is 12.8 Å². The lowest BCUT2D eigenvalue weighted by molar-refractivity contribution is -0.133. The zero-order valence-electron chi connectivity index (χ0n) is 19.6. The summed E-state index contributed by atoms with van der Waals surface area (Å²) < 4.78 is 0. The molecule has 2 amide bonds. The fraction of sp³-hybridized carbons (Fsp3) is 0.481. The standard InChI is InChI=1S/C27H32N4O2S/c32-25-23-8-4-5-9-24(23)34-20-29(25)17-16-28-14-12-27(13-15-28)26(33)30(18-21-10-11-21)19-31(27)22-6-2-1-3-7-22/h1-9,21H,10-20H2. The highest BCUT2D eigenvalue weighted by atomic mass is 32.2. The summed E-state index contributed by atoms with van der Waals surface area (Å²) in [6.45, 7) is 4.98. The third-order valence-corrected chi connectivity index (χ3v) is 9.02. The van der Waals surface area contributed by atoms with Gasteiger partial charge in [0, 0.05) is 43.3 Å². The van der Waals surface area contributed by atoms with Crippen LogP contribution in [0.2, 0.25) is 0 Å². The first-order valence-corrected chi connectivity index (χ1v) is 13.5. The van der Waals surface area contributed by atoms with Crippen molar-refractivity contribution >= 4 is 29.3 Å². The summed E-state index contributed by atoms with van der Waals surface area (Å²) >= 11 is 1.74. The highest BCUT2D eigenvalue weighted by molar-refractivity contribution is 7.99. The molecule has 1 aliphatic carbocycles. The van der Waals surface area contributed by atoms with E-state index in [1.807, 2.05) is 35.2 Å². The van der Waals surface area contributed by atoms with E-state index >= 15 is 0 Å². The number of anilines is 1. The summed E-state index contributed by atoms with van der Waals surface area (Å²) in [5, 5.41) is 0. The molecule has 2 saturated heterocycles. The summed E-state index contributed by atoms with van der Waals surface area (Å²) in [6.07, 6.45) is 4.20. The maximum atomic E-state index is 13.7. The number of para-hydroxylation sites is 1. The first-order valence-electron chi connectivity index (χ1n) is 12.5. The van der Waals surface area contributed by atoms with Gasteiger partial charge in [-0.3, -0.25) is 9.59 Å². The summed E-state index contributed by atoms with van der Waals surface area (Å²) in [5.74, 6) is 1.87. The summed E-state index contributed by atoms with van der Waals surface area (Å²) in [5.41, 5.74) is 1.54. The van der Waals surface area contributed by atoms with Gasteiger partial charge in [-0.25, -0.2) is 0 Å². The Labute approximate surface area is 205 Å². The van der Waals surface area contributed by atoms with Crippen LogP contribution in [0.4, 0.5) is 5.69 Å². The van der Waals surface area contributed by atoms with Crippen LogP contribution in [0, 0.1) is 5.92 Å². The van der Waals surface area contributed by atoms with Crippen LogP contribution in [-0.4, -0.2) is 77.3 Å². The first-order chi connectivity index (χ1) is 16.6.